The summed E-state index contributed by atoms with van der Waals surface area (Å²) >= 11 is 0. The predicted molar refractivity (Wildman–Crippen MR) is 82.7 cm³/mol. The fourth-order valence-corrected chi connectivity index (χ4v) is 2.49. The van der Waals surface area contributed by atoms with Crippen LogP contribution in [0.1, 0.15) is 39.0 Å². The average molecular weight is 294 g/mol. The summed E-state index contributed by atoms with van der Waals surface area (Å²) in [5, 5.41) is 13.1. The summed E-state index contributed by atoms with van der Waals surface area (Å²) in [5.74, 6) is 0.615. The molecule has 0 spiro atoms. The van der Waals surface area contributed by atoms with E-state index in [-0.39, 0.29) is 0 Å². The van der Waals surface area contributed by atoms with Crippen molar-refractivity contribution in [2.45, 2.75) is 51.2 Å². The number of nitrogens with one attached hydrogen (secondary N) is 1. The highest BCUT2D eigenvalue weighted by molar-refractivity contribution is 5.42. The molecular weight excluding hydrogens is 268 g/mol. The molecule has 1 fully saturated rings. The third-order valence-corrected chi connectivity index (χ3v) is 3.65. The van der Waals surface area contributed by atoms with Gasteiger partial charge < -0.3 is 19.9 Å². The van der Waals surface area contributed by atoms with Crippen LogP contribution < -0.4 is 10.1 Å². The van der Waals surface area contributed by atoms with Gasteiger partial charge in [-0.15, -0.1) is 0 Å². The average Bonchev–Trinajstić information content (AvgIpc) is 2.53. The van der Waals surface area contributed by atoms with E-state index in [1.165, 1.54) is 19.3 Å². The molecule has 1 aliphatic carbocycles. The minimum atomic E-state index is -0.501. The number of aliphatic hydroxyl groups is 1. The van der Waals surface area contributed by atoms with Crippen LogP contribution in [-0.2, 0) is 4.74 Å². The summed E-state index contributed by atoms with van der Waals surface area (Å²) in [7, 11) is 0. The van der Waals surface area contributed by atoms with Gasteiger partial charge in [-0.3, -0.25) is 0 Å². The molecule has 1 unspecified atom stereocenters. The van der Waals surface area contributed by atoms with Gasteiger partial charge in [0.25, 0.3) is 0 Å². The zero-order chi connectivity index (χ0) is 14.9. The van der Waals surface area contributed by atoms with Gasteiger partial charge >= 0.3 is 0 Å². The predicted octanol–water partition coefficient (Wildman–Crippen LogP) is 2.60. The SMILES string of the molecule is CCOc1ccc(NCC(O)COC2CCCCC2)cn1. The Labute approximate surface area is 126 Å². The van der Waals surface area contributed by atoms with E-state index in [1.54, 1.807) is 6.20 Å². The molecule has 1 aromatic heterocycles. The molecule has 0 aliphatic heterocycles. The van der Waals surface area contributed by atoms with Crippen LogP contribution in [0, 0.1) is 0 Å². The maximum Gasteiger partial charge on any atom is 0.213 e. The van der Waals surface area contributed by atoms with Gasteiger partial charge in [-0.05, 0) is 25.8 Å². The van der Waals surface area contributed by atoms with E-state index >= 15 is 0 Å². The fraction of sp³-hybridized carbons (Fsp3) is 0.688. The van der Waals surface area contributed by atoms with Gasteiger partial charge in [-0.2, -0.15) is 0 Å². The van der Waals surface area contributed by atoms with E-state index in [2.05, 4.69) is 10.3 Å². The normalized spacial score (nSPS) is 17.4. The molecule has 5 heteroatoms. The molecule has 2 rings (SSSR count). The number of nitrogens with zero attached hydrogens (tertiary/aromatic N) is 1. The summed E-state index contributed by atoms with van der Waals surface area (Å²) in [4.78, 5) is 4.17. The highest BCUT2D eigenvalue weighted by Gasteiger charge is 2.15. The van der Waals surface area contributed by atoms with E-state index in [1.807, 2.05) is 19.1 Å². The van der Waals surface area contributed by atoms with Gasteiger partial charge in [0.05, 0.1) is 37.3 Å². The Morgan fingerprint density at radius 3 is 2.81 bits per heavy atom. The number of hydrogen-bond donors (Lipinski definition) is 2. The molecule has 118 valence electrons. The van der Waals surface area contributed by atoms with Gasteiger partial charge in [-0.25, -0.2) is 4.98 Å². The molecule has 5 nitrogen and oxygen atoms in total. The van der Waals surface area contributed by atoms with Gasteiger partial charge in [-0.1, -0.05) is 19.3 Å². The van der Waals surface area contributed by atoms with Gasteiger partial charge in [0.15, 0.2) is 0 Å². The van der Waals surface area contributed by atoms with Crippen LogP contribution in [0.5, 0.6) is 5.88 Å². The first kappa shape index (κ1) is 16.0. The van der Waals surface area contributed by atoms with E-state index in [9.17, 15) is 5.11 Å². The summed E-state index contributed by atoms with van der Waals surface area (Å²) in [5.41, 5.74) is 0.871. The number of rotatable bonds is 8. The van der Waals surface area contributed by atoms with Crippen molar-refractivity contribution in [1.29, 1.82) is 0 Å². The second kappa shape index (κ2) is 8.85. The Kier molecular flexibility index (Phi) is 6.76. The maximum atomic E-state index is 9.95. The Morgan fingerprint density at radius 2 is 2.14 bits per heavy atom. The largest absolute Gasteiger partial charge is 0.478 e. The molecule has 21 heavy (non-hydrogen) atoms. The van der Waals surface area contributed by atoms with Crippen LogP contribution in [0.2, 0.25) is 0 Å². The summed E-state index contributed by atoms with van der Waals surface area (Å²) < 4.78 is 11.0. The first-order chi connectivity index (χ1) is 10.3. The Balaban J connectivity index is 1.64. The van der Waals surface area contributed by atoms with Crippen LogP contribution in [0.15, 0.2) is 18.3 Å². The standard InChI is InChI=1S/C16H26N2O3/c1-2-20-16-9-8-13(10-18-16)17-11-14(19)12-21-15-6-4-3-5-7-15/h8-10,14-15,17,19H,2-7,11-12H2,1H3. The monoisotopic (exact) mass is 294 g/mol. The Hall–Kier alpha value is -1.33. The van der Waals surface area contributed by atoms with Crippen LogP contribution in [0.4, 0.5) is 5.69 Å². The third-order valence-electron chi connectivity index (χ3n) is 3.65. The first-order valence-electron chi connectivity index (χ1n) is 7.90. The van der Waals surface area contributed by atoms with Crippen molar-refractivity contribution in [3.63, 3.8) is 0 Å². The number of hydrogen-bond acceptors (Lipinski definition) is 5. The van der Waals surface area contributed by atoms with E-state index < -0.39 is 6.10 Å². The minimum Gasteiger partial charge on any atom is -0.478 e. The number of aromatic nitrogens is 1. The molecule has 0 amide bonds. The Morgan fingerprint density at radius 1 is 1.33 bits per heavy atom. The van der Waals surface area contributed by atoms with Crippen molar-refractivity contribution >= 4 is 5.69 Å². The first-order valence-corrected chi connectivity index (χ1v) is 7.90. The van der Waals surface area contributed by atoms with Crippen molar-refractivity contribution in [1.82, 2.24) is 4.98 Å². The Bertz CT molecular complexity index is 391. The zero-order valence-corrected chi connectivity index (χ0v) is 12.8. The molecule has 1 atom stereocenters. The highest BCUT2D eigenvalue weighted by Crippen LogP contribution is 2.20. The van der Waals surface area contributed by atoms with Crippen molar-refractivity contribution in [3.05, 3.63) is 18.3 Å². The van der Waals surface area contributed by atoms with Crippen molar-refractivity contribution in [3.8, 4) is 5.88 Å². The van der Waals surface area contributed by atoms with Gasteiger partial charge in [0.2, 0.25) is 5.88 Å². The fourth-order valence-electron chi connectivity index (χ4n) is 2.49. The smallest absolute Gasteiger partial charge is 0.213 e. The molecule has 2 N–H and O–H groups in total. The lowest BCUT2D eigenvalue weighted by molar-refractivity contribution is -0.0195. The molecule has 1 saturated carbocycles. The lowest BCUT2D eigenvalue weighted by atomic mass is 9.98. The quantitative estimate of drug-likeness (QED) is 0.771. The van der Waals surface area contributed by atoms with Crippen molar-refractivity contribution in [2.75, 3.05) is 25.1 Å². The van der Waals surface area contributed by atoms with Crippen LogP contribution in [0.25, 0.3) is 0 Å². The number of pyridine rings is 1. The summed E-state index contributed by atoms with van der Waals surface area (Å²) in [6, 6.07) is 3.71. The minimum absolute atomic E-state index is 0.334. The van der Waals surface area contributed by atoms with Crippen LogP contribution in [-0.4, -0.2) is 42.1 Å². The van der Waals surface area contributed by atoms with E-state index in [0.29, 0.717) is 31.7 Å². The zero-order valence-electron chi connectivity index (χ0n) is 12.8. The number of anilines is 1. The van der Waals surface area contributed by atoms with E-state index in [0.717, 1.165) is 18.5 Å². The molecule has 0 saturated heterocycles. The van der Waals surface area contributed by atoms with E-state index in [4.69, 9.17) is 9.47 Å². The van der Waals surface area contributed by atoms with Crippen molar-refractivity contribution < 1.29 is 14.6 Å². The molecule has 1 aliphatic rings. The van der Waals surface area contributed by atoms with Gasteiger partial charge in [0, 0.05) is 12.6 Å². The summed E-state index contributed by atoms with van der Waals surface area (Å²) in [6.07, 6.45) is 7.60. The summed E-state index contributed by atoms with van der Waals surface area (Å²) in [6.45, 7) is 3.39. The second-order valence-electron chi connectivity index (χ2n) is 5.45. The maximum absolute atomic E-state index is 9.95. The topological polar surface area (TPSA) is 63.6 Å². The molecule has 0 radical (unpaired) electrons. The van der Waals surface area contributed by atoms with Gasteiger partial charge in [0.1, 0.15) is 0 Å². The highest BCUT2D eigenvalue weighted by atomic mass is 16.5. The molecule has 1 aromatic rings. The lowest BCUT2D eigenvalue weighted by Crippen LogP contribution is -2.28. The lowest BCUT2D eigenvalue weighted by Gasteiger charge is -2.23. The molecular formula is C16H26N2O3. The molecule has 1 heterocycles. The number of ether oxygens (including phenoxy) is 2. The van der Waals surface area contributed by atoms with Crippen LogP contribution in [0.3, 0.4) is 0 Å². The van der Waals surface area contributed by atoms with Crippen LogP contribution >= 0.6 is 0 Å². The third kappa shape index (κ3) is 5.89. The number of aliphatic hydroxyl groups excluding tert-OH is 1. The molecule has 0 bridgehead atoms. The second-order valence-corrected chi connectivity index (χ2v) is 5.45. The molecule has 0 aromatic carbocycles. The van der Waals surface area contributed by atoms with Crippen molar-refractivity contribution in [2.24, 2.45) is 0 Å².